The zero-order valence-electron chi connectivity index (χ0n) is 16.2. The van der Waals surface area contributed by atoms with Gasteiger partial charge in [0.2, 0.25) is 0 Å². The van der Waals surface area contributed by atoms with Crippen molar-refractivity contribution in [2.24, 2.45) is 0 Å². The summed E-state index contributed by atoms with van der Waals surface area (Å²) in [5.41, 5.74) is 2.52. The maximum absolute atomic E-state index is 6.52. The molecule has 1 saturated carbocycles. The van der Waals surface area contributed by atoms with Gasteiger partial charge >= 0.3 is 0 Å². The van der Waals surface area contributed by atoms with E-state index in [9.17, 15) is 0 Å². The zero-order chi connectivity index (χ0) is 19.1. The summed E-state index contributed by atoms with van der Waals surface area (Å²) in [6.07, 6.45) is 5.82. The zero-order valence-corrected chi connectivity index (χ0v) is 17.0. The number of hydrogen-bond donors (Lipinski definition) is 1. The predicted octanol–water partition coefficient (Wildman–Crippen LogP) is 6.98. The molecular formula is C25H26ClNO. The molecule has 3 aromatic carbocycles. The fourth-order valence-corrected chi connectivity index (χ4v) is 5.32. The summed E-state index contributed by atoms with van der Waals surface area (Å²) in [7, 11) is 0. The van der Waals surface area contributed by atoms with E-state index in [1.54, 1.807) is 0 Å². The van der Waals surface area contributed by atoms with Gasteiger partial charge in [0, 0.05) is 29.1 Å². The molecule has 2 aliphatic rings. The smallest absolute Gasteiger partial charge is 0.125 e. The lowest BCUT2D eigenvalue weighted by molar-refractivity contribution is 0.0351. The molecule has 0 radical (unpaired) electrons. The molecule has 1 aliphatic carbocycles. The molecule has 1 heterocycles. The first-order chi connectivity index (χ1) is 13.6. The first-order valence-electron chi connectivity index (χ1n) is 10.4. The normalized spacial score (nSPS) is 21.4. The Labute approximate surface area is 171 Å². The molecule has 3 aromatic rings. The van der Waals surface area contributed by atoms with Crippen molar-refractivity contribution in [3.8, 4) is 5.75 Å². The highest BCUT2D eigenvalue weighted by Gasteiger charge is 2.43. The van der Waals surface area contributed by atoms with Crippen molar-refractivity contribution in [1.82, 2.24) is 5.32 Å². The van der Waals surface area contributed by atoms with Gasteiger partial charge in [-0.15, -0.1) is 0 Å². The first-order valence-corrected chi connectivity index (χ1v) is 10.7. The van der Waals surface area contributed by atoms with Gasteiger partial charge in [-0.25, -0.2) is 0 Å². The summed E-state index contributed by atoms with van der Waals surface area (Å²) >= 11 is 6.34. The number of nitrogens with one attached hydrogen (secondary N) is 1. The van der Waals surface area contributed by atoms with Crippen LogP contribution in [0.4, 0.5) is 0 Å². The second-order valence-corrected chi connectivity index (χ2v) is 8.82. The van der Waals surface area contributed by atoms with Crippen LogP contribution in [0.3, 0.4) is 0 Å². The van der Waals surface area contributed by atoms with Crippen LogP contribution >= 0.6 is 11.6 Å². The number of hydrogen-bond acceptors (Lipinski definition) is 2. The van der Waals surface area contributed by atoms with E-state index in [1.165, 1.54) is 34.7 Å². The molecule has 0 aromatic heterocycles. The highest BCUT2D eigenvalue weighted by molar-refractivity contribution is 6.30. The van der Waals surface area contributed by atoms with E-state index >= 15 is 0 Å². The lowest BCUT2D eigenvalue weighted by Crippen LogP contribution is -2.42. The van der Waals surface area contributed by atoms with Gasteiger partial charge in [0.05, 0.1) is 0 Å². The number of fused-ring (bicyclic) bond motifs is 2. The third kappa shape index (κ3) is 3.19. The molecular weight excluding hydrogens is 366 g/mol. The Morgan fingerprint density at radius 1 is 1.04 bits per heavy atom. The lowest BCUT2D eigenvalue weighted by Gasteiger charge is -2.41. The van der Waals surface area contributed by atoms with Crippen LogP contribution in [0.2, 0.25) is 5.02 Å². The van der Waals surface area contributed by atoms with E-state index in [1.807, 2.05) is 12.1 Å². The molecule has 1 aliphatic heterocycles. The Kier molecular flexibility index (Phi) is 4.57. The Morgan fingerprint density at radius 3 is 2.68 bits per heavy atom. The quantitative estimate of drug-likeness (QED) is 0.519. The van der Waals surface area contributed by atoms with Gasteiger partial charge in [0.1, 0.15) is 11.4 Å². The fourth-order valence-electron chi connectivity index (χ4n) is 5.14. The van der Waals surface area contributed by atoms with Crippen LogP contribution in [0.5, 0.6) is 5.75 Å². The van der Waals surface area contributed by atoms with Crippen molar-refractivity contribution in [2.45, 2.75) is 56.7 Å². The number of ether oxygens (including phenoxy) is 1. The highest BCUT2D eigenvalue weighted by Crippen LogP contribution is 2.48. The maximum atomic E-state index is 6.52. The molecule has 2 atom stereocenters. The van der Waals surface area contributed by atoms with E-state index in [-0.39, 0.29) is 17.7 Å². The van der Waals surface area contributed by atoms with E-state index in [4.69, 9.17) is 16.3 Å². The van der Waals surface area contributed by atoms with Gasteiger partial charge in [0.25, 0.3) is 0 Å². The van der Waals surface area contributed by atoms with E-state index in [0.29, 0.717) is 0 Å². The van der Waals surface area contributed by atoms with Crippen LogP contribution < -0.4 is 10.1 Å². The number of rotatable bonds is 3. The van der Waals surface area contributed by atoms with Crippen molar-refractivity contribution in [2.75, 3.05) is 0 Å². The van der Waals surface area contributed by atoms with Crippen molar-refractivity contribution in [3.05, 3.63) is 76.8 Å². The number of halogens is 1. The van der Waals surface area contributed by atoms with Crippen LogP contribution in [-0.2, 0) is 0 Å². The molecule has 5 rings (SSSR count). The molecule has 3 heteroatoms. The van der Waals surface area contributed by atoms with E-state index in [2.05, 4.69) is 60.8 Å². The molecule has 0 saturated heterocycles. The Morgan fingerprint density at radius 2 is 1.82 bits per heavy atom. The second kappa shape index (κ2) is 7.09. The third-order valence-electron chi connectivity index (χ3n) is 6.51. The molecule has 2 nitrogen and oxygen atoms in total. The van der Waals surface area contributed by atoms with Gasteiger partial charge in [-0.1, -0.05) is 54.1 Å². The maximum Gasteiger partial charge on any atom is 0.125 e. The Balaban J connectivity index is 1.50. The Bertz CT molecular complexity index is 1000. The third-order valence-corrected chi connectivity index (χ3v) is 6.74. The molecule has 1 spiro atoms. The average molecular weight is 392 g/mol. The Hall–Kier alpha value is -2.03. The van der Waals surface area contributed by atoms with Crippen molar-refractivity contribution >= 4 is 22.4 Å². The highest BCUT2D eigenvalue weighted by atomic mass is 35.5. The number of benzene rings is 3. The average Bonchev–Trinajstić information content (AvgIpc) is 3.15. The monoisotopic (exact) mass is 391 g/mol. The summed E-state index contributed by atoms with van der Waals surface area (Å²) in [6, 6.07) is 21.8. The molecule has 0 amide bonds. The topological polar surface area (TPSA) is 21.3 Å². The molecule has 2 unspecified atom stereocenters. The van der Waals surface area contributed by atoms with Gasteiger partial charge < -0.3 is 10.1 Å². The van der Waals surface area contributed by atoms with Gasteiger partial charge in [-0.2, -0.15) is 0 Å². The van der Waals surface area contributed by atoms with Crippen molar-refractivity contribution < 1.29 is 4.74 Å². The summed E-state index contributed by atoms with van der Waals surface area (Å²) < 4.78 is 6.52. The standard InChI is InChI=1S/C25H26ClNO/c1-17(20-10-6-8-18-7-2-3-9-21(18)20)27-23-16-25(13-4-5-14-25)28-24-12-11-19(26)15-22(23)24/h2-3,6-12,15,17,23,27H,4-5,13-14,16H2,1H3. The predicted molar refractivity (Wildman–Crippen MR) is 116 cm³/mol. The van der Waals surface area contributed by atoms with Crippen LogP contribution in [0, 0.1) is 0 Å². The molecule has 28 heavy (non-hydrogen) atoms. The minimum atomic E-state index is -0.0169. The largest absolute Gasteiger partial charge is 0.487 e. The minimum Gasteiger partial charge on any atom is -0.487 e. The molecule has 1 fully saturated rings. The molecule has 0 bridgehead atoms. The van der Waals surface area contributed by atoms with Gasteiger partial charge in [-0.3, -0.25) is 0 Å². The summed E-state index contributed by atoms with van der Waals surface area (Å²) in [4.78, 5) is 0. The van der Waals surface area contributed by atoms with Gasteiger partial charge in [0.15, 0.2) is 0 Å². The van der Waals surface area contributed by atoms with E-state index < -0.39 is 0 Å². The van der Waals surface area contributed by atoms with Crippen LogP contribution in [0.25, 0.3) is 10.8 Å². The first kappa shape index (κ1) is 18.0. The summed E-state index contributed by atoms with van der Waals surface area (Å²) in [6.45, 7) is 2.27. The summed E-state index contributed by atoms with van der Waals surface area (Å²) in [5, 5.41) is 7.30. The molecule has 1 N–H and O–H groups in total. The summed E-state index contributed by atoms with van der Waals surface area (Å²) in [5.74, 6) is 1.00. The van der Waals surface area contributed by atoms with E-state index in [0.717, 1.165) is 30.0 Å². The van der Waals surface area contributed by atoms with Crippen LogP contribution in [-0.4, -0.2) is 5.60 Å². The van der Waals surface area contributed by atoms with Crippen LogP contribution in [0.1, 0.15) is 62.2 Å². The van der Waals surface area contributed by atoms with Crippen LogP contribution in [0.15, 0.2) is 60.7 Å². The minimum absolute atomic E-state index is 0.0169. The second-order valence-electron chi connectivity index (χ2n) is 8.39. The van der Waals surface area contributed by atoms with Gasteiger partial charge in [-0.05, 0) is 67.1 Å². The van der Waals surface area contributed by atoms with Crippen molar-refractivity contribution in [3.63, 3.8) is 0 Å². The van der Waals surface area contributed by atoms with Crippen molar-refractivity contribution in [1.29, 1.82) is 0 Å². The lowest BCUT2D eigenvalue weighted by atomic mass is 9.85. The fraction of sp³-hybridized carbons (Fsp3) is 0.360. The molecule has 144 valence electrons. The SMILES string of the molecule is CC(NC1CC2(CCCC2)Oc2ccc(Cl)cc21)c1cccc2ccccc12.